The molecular formula is C11H15ClN2O. The Morgan fingerprint density at radius 2 is 2.00 bits per heavy atom. The standard InChI is InChI=1S/C11H15ClN2O/c1-8-6-11(10(13)7-9(8)12)14-2-4-15-5-3-14/h6-7H,2-5,13H2,1H3. The second kappa shape index (κ2) is 4.29. The predicted octanol–water partition coefficient (Wildman–Crippen LogP) is 2.07. The van der Waals surface area contributed by atoms with E-state index in [0.29, 0.717) is 0 Å². The molecule has 1 aromatic carbocycles. The number of benzene rings is 1. The van der Waals surface area contributed by atoms with Gasteiger partial charge in [-0.1, -0.05) is 11.6 Å². The first-order valence-electron chi connectivity index (χ1n) is 5.07. The van der Waals surface area contributed by atoms with Crippen molar-refractivity contribution in [2.45, 2.75) is 6.92 Å². The molecule has 82 valence electrons. The average molecular weight is 227 g/mol. The van der Waals surface area contributed by atoms with E-state index in [1.165, 1.54) is 0 Å². The maximum Gasteiger partial charge on any atom is 0.0642 e. The number of hydrogen-bond donors (Lipinski definition) is 1. The van der Waals surface area contributed by atoms with Crippen LogP contribution in [-0.2, 0) is 4.74 Å². The van der Waals surface area contributed by atoms with Gasteiger partial charge in [-0.3, -0.25) is 0 Å². The van der Waals surface area contributed by atoms with Gasteiger partial charge < -0.3 is 15.4 Å². The normalized spacial score (nSPS) is 16.8. The van der Waals surface area contributed by atoms with Crippen molar-refractivity contribution >= 4 is 23.0 Å². The second-order valence-electron chi connectivity index (χ2n) is 3.76. The van der Waals surface area contributed by atoms with E-state index < -0.39 is 0 Å². The molecule has 15 heavy (non-hydrogen) atoms. The highest BCUT2D eigenvalue weighted by molar-refractivity contribution is 6.31. The third kappa shape index (κ3) is 2.19. The molecule has 3 nitrogen and oxygen atoms in total. The van der Waals surface area contributed by atoms with E-state index in [1.807, 2.05) is 19.1 Å². The topological polar surface area (TPSA) is 38.5 Å². The SMILES string of the molecule is Cc1cc(N2CCOCC2)c(N)cc1Cl. The summed E-state index contributed by atoms with van der Waals surface area (Å²) in [7, 11) is 0. The number of aryl methyl sites for hydroxylation is 1. The fourth-order valence-electron chi connectivity index (χ4n) is 1.76. The van der Waals surface area contributed by atoms with Crippen LogP contribution in [0.15, 0.2) is 12.1 Å². The van der Waals surface area contributed by atoms with Crippen molar-refractivity contribution < 1.29 is 4.74 Å². The molecular weight excluding hydrogens is 212 g/mol. The van der Waals surface area contributed by atoms with Gasteiger partial charge in [0.25, 0.3) is 0 Å². The molecule has 1 aliphatic heterocycles. The molecule has 1 saturated heterocycles. The number of morpholine rings is 1. The lowest BCUT2D eigenvalue weighted by molar-refractivity contribution is 0.123. The van der Waals surface area contributed by atoms with E-state index in [4.69, 9.17) is 22.1 Å². The Bertz CT molecular complexity index is 362. The Morgan fingerprint density at radius 1 is 1.33 bits per heavy atom. The smallest absolute Gasteiger partial charge is 0.0642 e. The van der Waals surface area contributed by atoms with Crippen LogP contribution in [0.3, 0.4) is 0 Å². The summed E-state index contributed by atoms with van der Waals surface area (Å²) in [4.78, 5) is 2.24. The molecule has 0 unspecified atom stereocenters. The molecule has 0 radical (unpaired) electrons. The minimum Gasteiger partial charge on any atom is -0.397 e. The van der Waals surface area contributed by atoms with E-state index in [9.17, 15) is 0 Å². The first kappa shape index (κ1) is 10.6. The van der Waals surface area contributed by atoms with Crippen LogP contribution in [0.5, 0.6) is 0 Å². The predicted molar refractivity (Wildman–Crippen MR) is 63.6 cm³/mol. The van der Waals surface area contributed by atoms with Crippen LogP contribution in [0.25, 0.3) is 0 Å². The molecule has 2 rings (SSSR count). The number of rotatable bonds is 1. The minimum atomic E-state index is 0.726. The first-order valence-corrected chi connectivity index (χ1v) is 5.44. The summed E-state index contributed by atoms with van der Waals surface area (Å²) >= 11 is 6.00. The van der Waals surface area contributed by atoms with Crippen LogP contribution < -0.4 is 10.6 Å². The summed E-state index contributed by atoms with van der Waals surface area (Å²) in [5, 5.41) is 0.726. The Hall–Kier alpha value is -0.930. The summed E-state index contributed by atoms with van der Waals surface area (Å²) < 4.78 is 5.31. The number of halogens is 1. The molecule has 0 aromatic heterocycles. The Morgan fingerprint density at radius 3 is 2.67 bits per heavy atom. The molecule has 0 saturated carbocycles. The lowest BCUT2D eigenvalue weighted by Crippen LogP contribution is -2.36. The fourth-order valence-corrected chi connectivity index (χ4v) is 1.93. The number of anilines is 2. The molecule has 1 aliphatic rings. The molecule has 0 amide bonds. The number of nitrogen functional groups attached to an aromatic ring is 1. The first-order chi connectivity index (χ1) is 7.18. The summed E-state index contributed by atoms with van der Waals surface area (Å²) in [5.74, 6) is 0. The van der Waals surface area contributed by atoms with Crippen molar-refractivity contribution in [3.8, 4) is 0 Å². The van der Waals surface area contributed by atoms with Crippen molar-refractivity contribution in [1.29, 1.82) is 0 Å². The Labute approximate surface area is 94.8 Å². The lowest BCUT2D eigenvalue weighted by atomic mass is 10.1. The molecule has 1 heterocycles. The summed E-state index contributed by atoms with van der Waals surface area (Å²) in [6.07, 6.45) is 0. The molecule has 4 heteroatoms. The van der Waals surface area contributed by atoms with Gasteiger partial charge in [-0.15, -0.1) is 0 Å². The molecule has 2 N–H and O–H groups in total. The van der Waals surface area contributed by atoms with Crippen LogP contribution in [0.4, 0.5) is 11.4 Å². The third-order valence-electron chi connectivity index (χ3n) is 2.66. The maximum atomic E-state index is 6.00. The third-order valence-corrected chi connectivity index (χ3v) is 3.07. The summed E-state index contributed by atoms with van der Waals surface area (Å²) in [6, 6.07) is 3.87. The summed E-state index contributed by atoms with van der Waals surface area (Å²) in [6.45, 7) is 5.31. The second-order valence-corrected chi connectivity index (χ2v) is 4.17. The molecule has 0 atom stereocenters. The Kier molecular flexibility index (Phi) is 3.03. The zero-order chi connectivity index (χ0) is 10.8. The molecule has 0 spiro atoms. The lowest BCUT2D eigenvalue weighted by Gasteiger charge is -2.30. The van der Waals surface area contributed by atoms with E-state index in [1.54, 1.807) is 0 Å². The van der Waals surface area contributed by atoms with Gasteiger partial charge in [0, 0.05) is 18.1 Å². The number of ether oxygens (including phenoxy) is 1. The maximum absolute atomic E-state index is 6.00. The molecule has 0 bridgehead atoms. The van der Waals surface area contributed by atoms with Crippen molar-refractivity contribution in [3.05, 3.63) is 22.7 Å². The summed E-state index contributed by atoms with van der Waals surface area (Å²) in [5.41, 5.74) is 8.83. The van der Waals surface area contributed by atoms with Crippen molar-refractivity contribution in [2.24, 2.45) is 0 Å². The average Bonchev–Trinajstić information content (AvgIpc) is 2.25. The van der Waals surface area contributed by atoms with Gasteiger partial charge in [-0.05, 0) is 24.6 Å². The molecule has 0 aliphatic carbocycles. The molecule has 1 aromatic rings. The van der Waals surface area contributed by atoms with Gasteiger partial charge in [0.15, 0.2) is 0 Å². The number of nitrogens with zero attached hydrogens (tertiary/aromatic N) is 1. The molecule has 1 fully saturated rings. The highest BCUT2D eigenvalue weighted by Gasteiger charge is 2.14. The largest absolute Gasteiger partial charge is 0.397 e. The van der Waals surface area contributed by atoms with Gasteiger partial charge in [-0.25, -0.2) is 0 Å². The highest BCUT2D eigenvalue weighted by atomic mass is 35.5. The van der Waals surface area contributed by atoms with Crippen molar-refractivity contribution in [2.75, 3.05) is 36.9 Å². The van der Waals surface area contributed by atoms with Crippen molar-refractivity contribution in [3.63, 3.8) is 0 Å². The Balaban J connectivity index is 2.30. The number of hydrogen-bond acceptors (Lipinski definition) is 3. The van der Waals surface area contributed by atoms with Crippen LogP contribution in [-0.4, -0.2) is 26.3 Å². The van der Waals surface area contributed by atoms with Gasteiger partial charge in [0.05, 0.1) is 24.6 Å². The fraction of sp³-hybridized carbons (Fsp3) is 0.455. The zero-order valence-electron chi connectivity index (χ0n) is 8.79. The quantitative estimate of drug-likeness (QED) is 0.746. The highest BCUT2D eigenvalue weighted by Crippen LogP contribution is 2.30. The van der Waals surface area contributed by atoms with E-state index >= 15 is 0 Å². The van der Waals surface area contributed by atoms with Gasteiger partial charge in [0.2, 0.25) is 0 Å². The monoisotopic (exact) mass is 226 g/mol. The zero-order valence-corrected chi connectivity index (χ0v) is 9.55. The number of nitrogens with two attached hydrogens (primary N) is 1. The van der Waals surface area contributed by atoms with Crippen LogP contribution >= 0.6 is 11.6 Å². The van der Waals surface area contributed by atoms with Crippen LogP contribution in [0.1, 0.15) is 5.56 Å². The van der Waals surface area contributed by atoms with E-state index in [-0.39, 0.29) is 0 Å². The van der Waals surface area contributed by atoms with Gasteiger partial charge in [0.1, 0.15) is 0 Å². The van der Waals surface area contributed by atoms with Crippen LogP contribution in [0.2, 0.25) is 5.02 Å². The minimum absolute atomic E-state index is 0.726. The van der Waals surface area contributed by atoms with Gasteiger partial charge >= 0.3 is 0 Å². The van der Waals surface area contributed by atoms with Crippen LogP contribution in [0, 0.1) is 6.92 Å². The van der Waals surface area contributed by atoms with E-state index in [0.717, 1.165) is 48.3 Å². The van der Waals surface area contributed by atoms with E-state index in [2.05, 4.69) is 4.90 Å². The van der Waals surface area contributed by atoms with Gasteiger partial charge in [-0.2, -0.15) is 0 Å². The van der Waals surface area contributed by atoms with Crippen molar-refractivity contribution in [1.82, 2.24) is 0 Å².